The summed E-state index contributed by atoms with van der Waals surface area (Å²) in [4.78, 5) is 27.9. The topological polar surface area (TPSA) is 115 Å². The third-order valence-corrected chi connectivity index (χ3v) is 5.56. The zero-order valence-corrected chi connectivity index (χ0v) is 16.4. The number of benzene rings is 1. The molecule has 1 aliphatic heterocycles. The summed E-state index contributed by atoms with van der Waals surface area (Å²) in [6.45, 7) is 2.06. The molecule has 0 spiro atoms. The van der Waals surface area contributed by atoms with E-state index in [1.807, 2.05) is 0 Å². The third kappa shape index (κ3) is 4.05. The van der Waals surface area contributed by atoms with Crippen molar-refractivity contribution in [1.82, 2.24) is 4.98 Å². The molecule has 1 saturated heterocycles. The highest BCUT2D eigenvalue weighted by Gasteiger charge is 2.65. The fraction of sp³-hybridized carbons (Fsp3) is 0.350. The van der Waals surface area contributed by atoms with E-state index in [2.05, 4.69) is 10.3 Å². The summed E-state index contributed by atoms with van der Waals surface area (Å²) in [5.41, 5.74) is 2.27. The lowest BCUT2D eigenvalue weighted by molar-refractivity contribution is -0.272. The molecule has 4 N–H and O–H groups in total. The number of nitrogens with zero attached hydrogens (tertiary/aromatic N) is 1. The van der Waals surface area contributed by atoms with Gasteiger partial charge < -0.3 is 20.9 Å². The summed E-state index contributed by atoms with van der Waals surface area (Å²) in [5, 5.41) is 12.5. The molecule has 1 aliphatic rings. The fourth-order valence-corrected chi connectivity index (χ4v) is 3.68. The number of amides is 2. The van der Waals surface area contributed by atoms with Crippen LogP contribution in [0.1, 0.15) is 35.8 Å². The fourth-order valence-electron chi connectivity index (χ4n) is 3.68. The number of nitrogens with two attached hydrogens (primary N) is 1. The maximum atomic E-state index is 13.8. The van der Waals surface area contributed by atoms with Crippen LogP contribution in [0.3, 0.4) is 0 Å². The van der Waals surface area contributed by atoms with Gasteiger partial charge in [-0.05, 0) is 25.1 Å². The molecule has 1 aromatic carbocycles. The van der Waals surface area contributed by atoms with E-state index in [1.54, 1.807) is 0 Å². The minimum atomic E-state index is -4.83. The molecule has 0 bridgehead atoms. The average Bonchev–Trinajstić information content (AvgIpc) is 2.94. The van der Waals surface area contributed by atoms with Crippen LogP contribution in [0.4, 0.5) is 23.2 Å². The highest BCUT2D eigenvalue weighted by atomic mass is 19.4. The summed E-state index contributed by atoms with van der Waals surface area (Å²) >= 11 is 0. The number of carbonyl (C=O) groups is 2. The number of carbonyl (C=O) groups excluding carboxylic acids is 2. The largest absolute Gasteiger partial charge is 0.508 e. The van der Waals surface area contributed by atoms with Gasteiger partial charge in [0.15, 0.2) is 5.60 Å². The first-order valence-corrected chi connectivity index (χ1v) is 9.15. The summed E-state index contributed by atoms with van der Waals surface area (Å²) in [5.74, 6) is -5.74. The highest BCUT2D eigenvalue weighted by molar-refractivity contribution is 5.97. The van der Waals surface area contributed by atoms with E-state index in [0.29, 0.717) is 0 Å². The van der Waals surface area contributed by atoms with Crippen LogP contribution < -0.4 is 11.1 Å². The number of phenols is 1. The van der Waals surface area contributed by atoms with Gasteiger partial charge >= 0.3 is 6.18 Å². The van der Waals surface area contributed by atoms with Crippen LogP contribution in [0.15, 0.2) is 36.5 Å². The maximum Gasteiger partial charge on any atom is 0.417 e. The van der Waals surface area contributed by atoms with Crippen LogP contribution >= 0.6 is 0 Å². The Bertz CT molecular complexity index is 1030. The SMILES string of the molecule is C[C@@H]1[C@@H](c2ccc(F)cc2O)[C@@H](C(=O)Nc2ccnc(C(N)=O)c2)O[C@@]1(C)C(F)(F)F. The normalized spacial score (nSPS) is 25.9. The van der Waals surface area contributed by atoms with Gasteiger partial charge in [-0.1, -0.05) is 13.0 Å². The van der Waals surface area contributed by atoms with E-state index in [0.717, 1.165) is 31.2 Å². The van der Waals surface area contributed by atoms with Gasteiger partial charge in [-0.2, -0.15) is 13.2 Å². The van der Waals surface area contributed by atoms with Crippen LogP contribution in [-0.2, 0) is 9.53 Å². The maximum absolute atomic E-state index is 13.8. The third-order valence-electron chi connectivity index (χ3n) is 5.56. The van der Waals surface area contributed by atoms with Crippen LogP contribution in [-0.4, -0.2) is 39.8 Å². The van der Waals surface area contributed by atoms with Crippen molar-refractivity contribution in [2.75, 3.05) is 5.32 Å². The lowest BCUT2D eigenvalue weighted by Crippen LogP contribution is -2.47. The molecule has 11 heteroatoms. The lowest BCUT2D eigenvalue weighted by atomic mass is 9.77. The van der Waals surface area contributed by atoms with Crippen molar-refractivity contribution in [2.45, 2.75) is 37.6 Å². The first-order chi connectivity index (χ1) is 14.3. The Morgan fingerprint density at radius 2 is 1.94 bits per heavy atom. The van der Waals surface area contributed by atoms with Gasteiger partial charge in [0.05, 0.1) is 0 Å². The number of hydrogen-bond acceptors (Lipinski definition) is 5. The van der Waals surface area contributed by atoms with Gasteiger partial charge in [0.1, 0.15) is 23.4 Å². The van der Waals surface area contributed by atoms with Crippen molar-refractivity contribution in [2.24, 2.45) is 11.7 Å². The summed E-state index contributed by atoms with van der Waals surface area (Å²) in [6, 6.07) is 5.32. The van der Waals surface area contributed by atoms with E-state index in [-0.39, 0.29) is 16.9 Å². The van der Waals surface area contributed by atoms with Gasteiger partial charge in [-0.15, -0.1) is 0 Å². The molecule has 4 atom stereocenters. The van der Waals surface area contributed by atoms with Gasteiger partial charge in [0.2, 0.25) is 0 Å². The lowest BCUT2D eigenvalue weighted by Gasteiger charge is -2.31. The first kappa shape index (κ1) is 22.5. The molecule has 31 heavy (non-hydrogen) atoms. The van der Waals surface area contributed by atoms with E-state index in [4.69, 9.17) is 10.5 Å². The molecular weight excluding hydrogens is 422 g/mol. The van der Waals surface area contributed by atoms with E-state index >= 15 is 0 Å². The highest BCUT2D eigenvalue weighted by Crippen LogP contribution is 2.54. The van der Waals surface area contributed by atoms with Crippen LogP contribution in [0.25, 0.3) is 0 Å². The van der Waals surface area contributed by atoms with Crippen molar-refractivity contribution >= 4 is 17.5 Å². The standard InChI is InChI=1S/C20H19F4N3O4/c1-9-15(12-4-3-10(21)7-14(12)28)16(31-19(9,2)20(22,23)24)18(30)27-11-5-6-26-13(8-11)17(25)29/h3-9,15-16,28H,1-2H3,(H2,25,29)(H,26,27,30)/t9-,15+,16+,19-/m1/s1. The Morgan fingerprint density at radius 3 is 2.52 bits per heavy atom. The summed E-state index contributed by atoms with van der Waals surface area (Å²) in [7, 11) is 0. The average molecular weight is 441 g/mol. The van der Waals surface area contributed by atoms with E-state index in [1.165, 1.54) is 19.2 Å². The zero-order valence-electron chi connectivity index (χ0n) is 16.4. The predicted molar refractivity (Wildman–Crippen MR) is 101 cm³/mol. The number of ether oxygens (including phenoxy) is 1. The van der Waals surface area contributed by atoms with Gasteiger partial charge in [0, 0.05) is 35.3 Å². The minimum absolute atomic E-state index is 0.0606. The Labute approximate surface area is 174 Å². The van der Waals surface area contributed by atoms with Crippen LogP contribution in [0.5, 0.6) is 5.75 Å². The number of rotatable bonds is 4. The van der Waals surface area contributed by atoms with Crippen molar-refractivity contribution < 1.29 is 37.0 Å². The van der Waals surface area contributed by atoms with Gasteiger partial charge in [-0.3, -0.25) is 14.6 Å². The molecule has 2 heterocycles. The molecule has 1 aromatic heterocycles. The molecule has 2 aromatic rings. The molecule has 1 fully saturated rings. The van der Waals surface area contributed by atoms with Crippen molar-refractivity contribution in [3.63, 3.8) is 0 Å². The molecular formula is C20H19F4N3O4. The smallest absolute Gasteiger partial charge is 0.417 e. The Balaban J connectivity index is 2.01. The number of primary amides is 1. The number of halogens is 4. The minimum Gasteiger partial charge on any atom is -0.508 e. The molecule has 7 nitrogen and oxygen atoms in total. The first-order valence-electron chi connectivity index (χ1n) is 9.15. The molecule has 3 rings (SSSR count). The predicted octanol–water partition coefficient (Wildman–Crippen LogP) is 3.10. The number of aromatic hydroxyl groups is 1. The number of anilines is 1. The number of hydrogen-bond donors (Lipinski definition) is 3. The van der Waals surface area contributed by atoms with Crippen molar-refractivity contribution in [3.8, 4) is 5.75 Å². The molecule has 0 unspecified atom stereocenters. The Morgan fingerprint density at radius 1 is 1.26 bits per heavy atom. The number of aromatic nitrogens is 1. The molecule has 0 aliphatic carbocycles. The molecule has 0 saturated carbocycles. The number of nitrogens with one attached hydrogen (secondary N) is 1. The Kier molecular flexibility index (Phi) is 5.66. The second-order valence-electron chi connectivity index (χ2n) is 7.44. The zero-order chi connectivity index (χ0) is 23.1. The molecule has 166 valence electrons. The van der Waals surface area contributed by atoms with Gasteiger partial charge in [-0.25, -0.2) is 4.39 Å². The number of pyridine rings is 1. The Hall–Kier alpha value is -3.21. The van der Waals surface area contributed by atoms with Crippen LogP contribution in [0.2, 0.25) is 0 Å². The van der Waals surface area contributed by atoms with E-state index in [9.17, 15) is 32.3 Å². The summed E-state index contributed by atoms with van der Waals surface area (Å²) < 4.78 is 60.1. The number of alkyl halides is 3. The number of phenolic OH excluding ortho intramolecular Hbond substituents is 1. The quantitative estimate of drug-likeness (QED) is 0.631. The second-order valence-corrected chi connectivity index (χ2v) is 7.44. The van der Waals surface area contributed by atoms with E-state index < -0.39 is 53.1 Å². The molecule has 0 radical (unpaired) electrons. The van der Waals surface area contributed by atoms with Crippen molar-refractivity contribution in [3.05, 3.63) is 53.6 Å². The molecule has 2 amide bonds. The summed E-state index contributed by atoms with van der Waals surface area (Å²) in [6.07, 6.45) is -5.31. The monoisotopic (exact) mass is 441 g/mol. The van der Waals surface area contributed by atoms with Crippen molar-refractivity contribution in [1.29, 1.82) is 0 Å². The van der Waals surface area contributed by atoms with Crippen LogP contribution in [0, 0.1) is 11.7 Å². The van der Waals surface area contributed by atoms with Gasteiger partial charge in [0.25, 0.3) is 11.8 Å². The second kappa shape index (κ2) is 7.80.